The van der Waals surface area contributed by atoms with E-state index in [9.17, 15) is 14.4 Å². The van der Waals surface area contributed by atoms with Crippen LogP contribution in [0.5, 0.6) is 0 Å². The number of thiophene rings is 1. The van der Waals surface area contributed by atoms with Gasteiger partial charge in [-0.2, -0.15) is 0 Å². The van der Waals surface area contributed by atoms with Crippen molar-refractivity contribution in [2.45, 2.75) is 30.0 Å². The van der Waals surface area contributed by atoms with Gasteiger partial charge in [0.2, 0.25) is 11.8 Å². The third kappa shape index (κ3) is 4.93. The number of thioether (sulfide) groups is 1. The summed E-state index contributed by atoms with van der Waals surface area (Å²) >= 11 is 9.05. The maximum Gasteiger partial charge on any atom is 0.334 e. The average molecular weight is 539 g/mol. The first-order valence-electron chi connectivity index (χ1n) is 11.4. The SMILES string of the molecule is O=C(Cc1cccs1)N[C@@H]1C(=O)N2C(C(=O)OC(c3ccccc3)c3ccccc3)C(CCl)=CS[C@H]12. The maximum atomic E-state index is 13.6. The molecule has 0 bridgehead atoms. The molecule has 3 heterocycles. The number of hydrogen-bond donors (Lipinski definition) is 1. The molecule has 1 saturated heterocycles. The van der Waals surface area contributed by atoms with Crippen LogP contribution in [0.15, 0.2) is 89.2 Å². The Bertz CT molecular complexity index is 1230. The molecule has 3 atom stereocenters. The molecule has 1 fully saturated rings. The summed E-state index contributed by atoms with van der Waals surface area (Å²) in [5, 5.41) is 6.14. The van der Waals surface area contributed by atoms with Gasteiger partial charge in [0.25, 0.3) is 0 Å². The van der Waals surface area contributed by atoms with Crippen molar-refractivity contribution in [1.82, 2.24) is 10.2 Å². The Morgan fingerprint density at radius 3 is 2.25 bits per heavy atom. The van der Waals surface area contributed by atoms with Crippen LogP contribution in [0.25, 0.3) is 0 Å². The molecule has 3 aromatic rings. The van der Waals surface area contributed by atoms with Crippen molar-refractivity contribution in [3.8, 4) is 0 Å². The fourth-order valence-electron chi connectivity index (χ4n) is 4.37. The van der Waals surface area contributed by atoms with Crippen LogP contribution in [0, 0.1) is 0 Å². The van der Waals surface area contributed by atoms with Gasteiger partial charge in [-0.05, 0) is 33.6 Å². The number of nitrogens with zero attached hydrogens (tertiary/aromatic N) is 1. The number of carbonyl (C=O) groups is 3. The Labute approximate surface area is 222 Å². The van der Waals surface area contributed by atoms with Crippen molar-refractivity contribution in [3.05, 3.63) is 105 Å². The number of benzene rings is 2. The van der Waals surface area contributed by atoms with E-state index in [2.05, 4.69) is 5.32 Å². The number of nitrogens with one attached hydrogen (secondary N) is 1. The summed E-state index contributed by atoms with van der Waals surface area (Å²) in [5.74, 6) is -1.02. The number of amides is 2. The Morgan fingerprint density at radius 2 is 1.67 bits per heavy atom. The fraction of sp³-hybridized carbons (Fsp3) is 0.222. The van der Waals surface area contributed by atoms with Crippen LogP contribution < -0.4 is 5.32 Å². The van der Waals surface area contributed by atoms with E-state index in [-0.39, 0.29) is 24.1 Å². The zero-order valence-electron chi connectivity index (χ0n) is 19.1. The molecule has 184 valence electrons. The van der Waals surface area contributed by atoms with E-state index in [4.69, 9.17) is 16.3 Å². The van der Waals surface area contributed by atoms with Gasteiger partial charge in [0, 0.05) is 10.8 Å². The first-order chi connectivity index (χ1) is 17.6. The molecule has 2 aliphatic rings. The largest absolute Gasteiger partial charge is 0.451 e. The fourth-order valence-corrected chi connectivity index (χ4v) is 6.61. The van der Waals surface area contributed by atoms with Gasteiger partial charge in [-0.3, -0.25) is 9.59 Å². The lowest BCUT2D eigenvalue weighted by molar-refractivity contribution is -0.165. The molecule has 1 unspecified atom stereocenters. The van der Waals surface area contributed by atoms with E-state index in [0.717, 1.165) is 16.0 Å². The quantitative estimate of drug-likeness (QED) is 0.259. The van der Waals surface area contributed by atoms with Crippen molar-refractivity contribution >= 4 is 52.5 Å². The molecule has 9 heteroatoms. The van der Waals surface area contributed by atoms with E-state index in [0.29, 0.717) is 5.57 Å². The molecule has 0 aliphatic carbocycles. The molecular weight excluding hydrogens is 516 g/mol. The molecule has 0 radical (unpaired) electrons. The smallest absolute Gasteiger partial charge is 0.334 e. The number of esters is 1. The summed E-state index contributed by atoms with van der Waals surface area (Å²) in [6, 6.07) is 21.1. The third-order valence-corrected chi connectivity index (χ3v) is 8.52. The topological polar surface area (TPSA) is 75.7 Å². The predicted molar refractivity (Wildman–Crippen MR) is 142 cm³/mol. The standard InChI is InChI=1S/C27H23ClN2O4S2/c28-15-19-16-36-26-22(29-21(31)14-20-12-7-13-35-20)25(32)30(26)23(19)27(33)34-24(17-8-3-1-4-9-17)18-10-5-2-6-11-18/h1-13,16,22-24,26H,14-15H2,(H,29,31)/t22-,23?,26-/m1/s1. The zero-order valence-corrected chi connectivity index (χ0v) is 21.5. The van der Waals surface area contributed by atoms with E-state index in [1.807, 2.05) is 83.6 Å². The van der Waals surface area contributed by atoms with Crippen LogP contribution in [0.1, 0.15) is 22.1 Å². The lowest BCUT2D eigenvalue weighted by Gasteiger charge is -2.51. The van der Waals surface area contributed by atoms with Crippen molar-refractivity contribution < 1.29 is 19.1 Å². The maximum absolute atomic E-state index is 13.6. The van der Waals surface area contributed by atoms with Gasteiger partial charge in [-0.15, -0.1) is 34.7 Å². The van der Waals surface area contributed by atoms with Crippen LogP contribution >= 0.6 is 34.7 Å². The molecule has 0 spiro atoms. The number of halogens is 1. The monoisotopic (exact) mass is 538 g/mol. The number of rotatable bonds is 8. The minimum atomic E-state index is -0.943. The van der Waals surface area contributed by atoms with Crippen LogP contribution in [0.4, 0.5) is 0 Å². The number of carbonyl (C=O) groups excluding carboxylic acids is 3. The second-order valence-corrected chi connectivity index (χ2v) is 10.7. The lowest BCUT2D eigenvalue weighted by Crippen LogP contribution is -2.74. The second-order valence-electron chi connectivity index (χ2n) is 8.44. The number of alkyl halides is 1. The minimum absolute atomic E-state index is 0.0833. The van der Waals surface area contributed by atoms with Gasteiger partial charge in [-0.1, -0.05) is 66.7 Å². The van der Waals surface area contributed by atoms with E-state index in [1.165, 1.54) is 28.0 Å². The van der Waals surface area contributed by atoms with Crippen molar-refractivity contribution in [2.75, 3.05) is 5.88 Å². The molecule has 0 saturated carbocycles. The predicted octanol–water partition coefficient (Wildman–Crippen LogP) is 4.51. The highest BCUT2D eigenvalue weighted by Gasteiger charge is 2.56. The number of ether oxygens (including phenoxy) is 1. The number of fused-ring (bicyclic) bond motifs is 1. The Kier molecular flexibility index (Phi) is 7.46. The summed E-state index contributed by atoms with van der Waals surface area (Å²) < 4.78 is 6.05. The van der Waals surface area contributed by atoms with E-state index < -0.39 is 29.5 Å². The summed E-state index contributed by atoms with van der Waals surface area (Å²) in [6.45, 7) is 0. The van der Waals surface area contributed by atoms with Gasteiger partial charge < -0.3 is 15.0 Å². The highest BCUT2D eigenvalue weighted by Crippen LogP contribution is 2.41. The summed E-state index contributed by atoms with van der Waals surface area (Å²) in [6.07, 6.45) is -0.426. The van der Waals surface area contributed by atoms with E-state index >= 15 is 0 Å². The summed E-state index contributed by atoms with van der Waals surface area (Å²) in [4.78, 5) is 41.7. The second kappa shape index (κ2) is 10.9. The summed E-state index contributed by atoms with van der Waals surface area (Å²) in [5.41, 5.74) is 2.24. The van der Waals surface area contributed by atoms with Crippen LogP contribution in [0.3, 0.4) is 0 Å². The van der Waals surface area contributed by atoms with Crippen molar-refractivity contribution in [1.29, 1.82) is 0 Å². The molecule has 36 heavy (non-hydrogen) atoms. The molecule has 5 rings (SSSR count). The van der Waals surface area contributed by atoms with Gasteiger partial charge in [0.05, 0.1) is 6.42 Å². The Balaban J connectivity index is 1.35. The Morgan fingerprint density at radius 1 is 1.00 bits per heavy atom. The highest BCUT2D eigenvalue weighted by atomic mass is 35.5. The number of β-lactam (4-membered cyclic amide) rings is 1. The molecule has 6 nitrogen and oxygen atoms in total. The van der Waals surface area contributed by atoms with Crippen molar-refractivity contribution in [2.24, 2.45) is 0 Å². The van der Waals surface area contributed by atoms with E-state index in [1.54, 1.807) is 0 Å². The van der Waals surface area contributed by atoms with Gasteiger partial charge in [0.15, 0.2) is 12.1 Å². The summed E-state index contributed by atoms with van der Waals surface area (Å²) in [7, 11) is 0. The van der Waals surface area contributed by atoms with Gasteiger partial charge in [0.1, 0.15) is 11.4 Å². The molecule has 2 aromatic carbocycles. The average Bonchev–Trinajstić information content (AvgIpc) is 3.43. The molecular formula is C27H23ClN2O4S2. The van der Waals surface area contributed by atoms with Crippen LogP contribution in [-0.2, 0) is 25.5 Å². The lowest BCUT2D eigenvalue weighted by atomic mass is 9.97. The Hall–Kier alpha value is -3.07. The molecule has 2 aliphatic heterocycles. The molecule has 1 N–H and O–H groups in total. The zero-order chi connectivity index (χ0) is 25.1. The molecule has 1 aromatic heterocycles. The third-order valence-electron chi connectivity index (χ3n) is 6.12. The molecule has 2 amide bonds. The van der Waals surface area contributed by atoms with Gasteiger partial charge >= 0.3 is 5.97 Å². The minimum Gasteiger partial charge on any atom is -0.451 e. The van der Waals surface area contributed by atoms with Crippen LogP contribution in [-0.4, -0.2) is 46.0 Å². The van der Waals surface area contributed by atoms with Crippen molar-refractivity contribution in [3.63, 3.8) is 0 Å². The first-order valence-corrected chi connectivity index (χ1v) is 13.8. The number of hydrogen-bond acceptors (Lipinski definition) is 6. The normalized spacial score (nSPS) is 20.8. The highest BCUT2D eigenvalue weighted by molar-refractivity contribution is 8.03. The van der Waals surface area contributed by atoms with Crippen LogP contribution in [0.2, 0.25) is 0 Å². The first kappa shape index (κ1) is 24.6. The van der Waals surface area contributed by atoms with Gasteiger partial charge in [-0.25, -0.2) is 4.79 Å².